The Morgan fingerprint density at radius 3 is 2.70 bits per heavy atom. The van der Waals surface area contributed by atoms with Gasteiger partial charge in [-0.05, 0) is 56.9 Å². The molecule has 2 aromatic heterocycles. The van der Waals surface area contributed by atoms with Crippen LogP contribution in [0.4, 0.5) is 5.69 Å². The molecule has 4 nitrogen and oxygen atoms in total. The van der Waals surface area contributed by atoms with Crippen LogP contribution < -0.4 is 5.32 Å². The van der Waals surface area contributed by atoms with Gasteiger partial charge in [0.2, 0.25) is 5.91 Å². The lowest BCUT2D eigenvalue weighted by molar-refractivity contribution is -0.115. The molecular formula is C19H17Cl2N3OS2. The molecule has 0 fully saturated rings. The number of hydrogen-bond acceptors (Lipinski definition) is 5. The van der Waals surface area contributed by atoms with E-state index in [1.807, 2.05) is 13.8 Å². The van der Waals surface area contributed by atoms with E-state index in [2.05, 4.69) is 15.3 Å². The quantitative estimate of drug-likeness (QED) is 0.406. The number of thioether (sulfide) groups is 1. The van der Waals surface area contributed by atoms with Crippen molar-refractivity contribution in [2.45, 2.75) is 43.4 Å². The van der Waals surface area contributed by atoms with Crippen LogP contribution in [-0.4, -0.2) is 21.1 Å². The molecule has 27 heavy (non-hydrogen) atoms. The van der Waals surface area contributed by atoms with Crippen molar-refractivity contribution in [3.8, 4) is 0 Å². The summed E-state index contributed by atoms with van der Waals surface area (Å²) in [6.45, 7) is 3.77. The van der Waals surface area contributed by atoms with Crippen molar-refractivity contribution >= 4 is 68.1 Å². The first-order chi connectivity index (χ1) is 12.9. The maximum Gasteiger partial charge on any atom is 0.237 e. The maximum absolute atomic E-state index is 12.7. The van der Waals surface area contributed by atoms with Crippen LogP contribution in [0.3, 0.4) is 0 Å². The van der Waals surface area contributed by atoms with Gasteiger partial charge in [0, 0.05) is 26.0 Å². The van der Waals surface area contributed by atoms with Crippen molar-refractivity contribution in [1.29, 1.82) is 0 Å². The van der Waals surface area contributed by atoms with E-state index in [1.165, 1.54) is 28.6 Å². The molecule has 0 bridgehead atoms. The van der Waals surface area contributed by atoms with Gasteiger partial charge in [-0.2, -0.15) is 0 Å². The molecule has 1 aromatic carbocycles. The Labute approximate surface area is 175 Å². The molecule has 0 saturated carbocycles. The van der Waals surface area contributed by atoms with Crippen LogP contribution in [0, 0.1) is 6.92 Å². The summed E-state index contributed by atoms with van der Waals surface area (Å²) in [6.07, 6.45) is 3.36. The van der Waals surface area contributed by atoms with E-state index in [9.17, 15) is 4.79 Å². The first-order valence-electron chi connectivity index (χ1n) is 8.63. The third kappa shape index (κ3) is 3.94. The smallest absolute Gasteiger partial charge is 0.237 e. The van der Waals surface area contributed by atoms with E-state index >= 15 is 0 Å². The van der Waals surface area contributed by atoms with Crippen LogP contribution in [0.2, 0.25) is 10.0 Å². The highest BCUT2D eigenvalue weighted by Gasteiger charge is 2.24. The average Bonchev–Trinajstić information content (AvgIpc) is 3.13. The molecule has 0 unspecified atom stereocenters. The zero-order valence-electron chi connectivity index (χ0n) is 14.8. The molecule has 0 saturated heterocycles. The minimum atomic E-state index is -0.322. The summed E-state index contributed by atoms with van der Waals surface area (Å²) in [5, 5.41) is 5.56. The van der Waals surface area contributed by atoms with Crippen LogP contribution in [0.1, 0.15) is 29.6 Å². The van der Waals surface area contributed by atoms with Crippen molar-refractivity contribution in [3.63, 3.8) is 0 Å². The molecule has 1 N–H and O–H groups in total. The number of aromatic nitrogens is 2. The topological polar surface area (TPSA) is 54.9 Å². The molecule has 0 radical (unpaired) electrons. The second-order valence-corrected chi connectivity index (χ2v) is 9.81. The number of nitrogens with one attached hydrogen (secondary N) is 1. The normalized spacial score (nSPS) is 14.4. The molecule has 1 amide bonds. The second-order valence-electron chi connectivity index (χ2n) is 6.52. The van der Waals surface area contributed by atoms with Crippen molar-refractivity contribution in [3.05, 3.63) is 44.5 Å². The molecule has 1 atom stereocenters. The fourth-order valence-corrected chi connectivity index (χ4v) is 6.16. The van der Waals surface area contributed by atoms with Crippen molar-refractivity contribution in [2.24, 2.45) is 0 Å². The molecular weight excluding hydrogens is 421 g/mol. The van der Waals surface area contributed by atoms with Crippen LogP contribution in [0.5, 0.6) is 0 Å². The number of benzene rings is 1. The molecule has 140 valence electrons. The largest absolute Gasteiger partial charge is 0.325 e. The van der Waals surface area contributed by atoms with E-state index in [1.54, 1.807) is 29.5 Å². The molecule has 1 aliphatic rings. The Morgan fingerprint density at radius 1 is 1.22 bits per heavy atom. The van der Waals surface area contributed by atoms with Gasteiger partial charge in [0.1, 0.15) is 15.7 Å². The fraction of sp³-hybridized carbons (Fsp3) is 0.316. The molecule has 0 aliphatic heterocycles. The Morgan fingerprint density at radius 2 is 1.96 bits per heavy atom. The lowest BCUT2D eigenvalue weighted by Gasteiger charge is -2.13. The van der Waals surface area contributed by atoms with Gasteiger partial charge in [-0.1, -0.05) is 35.0 Å². The Kier molecular flexibility index (Phi) is 5.34. The molecule has 2 heterocycles. The minimum absolute atomic E-state index is 0.116. The van der Waals surface area contributed by atoms with E-state index in [4.69, 9.17) is 23.2 Å². The fourth-order valence-electron chi connectivity index (χ4n) is 3.24. The predicted molar refractivity (Wildman–Crippen MR) is 115 cm³/mol. The summed E-state index contributed by atoms with van der Waals surface area (Å²) in [4.78, 5) is 24.4. The predicted octanol–water partition coefficient (Wildman–Crippen LogP) is 5.91. The van der Waals surface area contributed by atoms with Crippen LogP contribution in [0.15, 0.2) is 23.2 Å². The number of anilines is 1. The summed E-state index contributed by atoms with van der Waals surface area (Å²) in [5.74, 6) is 0.619. The third-order valence-corrected chi connectivity index (χ3v) is 7.14. The number of halogens is 2. The minimum Gasteiger partial charge on any atom is -0.325 e. The highest BCUT2D eigenvalue weighted by atomic mass is 35.5. The highest BCUT2D eigenvalue weighted by Crippen LogP contribution is 2.41. The number of carbonyl (C=O) groups is 1. The standard InChI is InChI=1S/C19H17Cl2N3OS2/c1-9(17(25)24-13-7-11(20)6-12(21)8-13)26-18-16-14-4-3-5-15(14)27-19(16)23-10(2)22-18/h6-9H,3-5H2,1-2H3,(H,24,25)/t9-/m0/s1. The van der Waals surface area contributed by atoms with E-state index in [0.717, 1.165) is 33.9 Å². The number of nitrogens with zero attached hydrogens (tertiary/aromatic N) is 2. The zero-order valence-corrected chi connectivity index (χ0v) is 18.0. The van der Waals surface area contributed by atoms with Gasteiger partial charge in [-0.3, -0.25) is 4.79 Å². The van der Waals surface area contributed by atoms with E-state index in [-0.39, 0.29) is 11.2 Å². The lowest BCUT2D eigenvalue weighted by Crippen LogP contribution is -2.22. The summed E-state index contributed by atoms with van der Waals surface area (Å²) in [5.41, 5.74) is 1.96. The lowest BCUT2D eigenvalue weighted by atomic mass is 10.2. The van der Waals surface area contributed by atoms with Crippen molar-refractivity contribution in [1.82, 2.24) is 9.97 Å². The van der Waals surface area contributed by atoms with Crippen LogP contribution in [-0.2, 0) is 17.6 Å². The monoisotopic (exact) mass is 437 g/mol. The number of hydrogen-bond donors (Lipinski definition) is 1. The van der Waals surface area contributed by atoms with Gasteiger partial charge < -0.3 is 5.32 Å². The Hall–Kier alpha value is -1.34. The van der Waals surface area contributed by atoms with E-state index in [0.29, 0.717) is 15.7 Å². The molecule has 3 aromatic rings. The molecule has 8 heteroatoms. The number of amides is 1. The maximum atomic E-state index is 12.7. The number of thiophene rings is 1. The zero-order chi connectivity index (χ0) is 19.1. The second kappa shape index (κ2) is 7.59. The number of carbonyl (C=O) groups excluding carboxylic acids is 1. The summed E-state index contributed by atoms with van der Waals surface area (Å²) in [7, 11) is 0. The first-order valence-corrected chi connectivity index (χ1v) is 11.1. The van der Waals surface area contributed by atoms with Gasteiger partial charge >= 0.3 is 0 Å². The van der Waals surface area contributed by atoms with Crippen LogP contribution in [0.25, 0.3) is 10.2 Å². The number of rotatable bonds is 4. The van der Waals surface area contributed by atoms with Crippen LogP contribution >= 0.6 is 46.3 Å². The Bertz CT molecular complexity index is 1030. The van der Waals surface area contributed by atoms with Gasteiger partial charge in [0.05, 0.1) is 5.25 Å². The third-order valence-electron chi connectivity index (χ3n) is 4.43. The molecule has 1 aliphatic carbocycles. The highest BCUT2D eigenvalue weighted by molar-refractivity contribution is 8.00. The number of fused-ring (bicyclic) bond motifs is 3. The summed E-state index contributed by atoms with van der Waals surface area (Å²) in [6, 6.07) is 5.00. The van der Waals surface area contributed by atoms with Gasteiger partial charge in [-0.25, -0.2) is 9.97 Å². The van der Waals surface area contributed by atoms with Gasteiger partial charge in [0.25, 0.3) is 0 Å². The van der Waals surface area contributed by atoms with Gasteiger partial charge in [-0.15, -0.1) is 11.3 Å². The van der Waals surface area contributed by atoms with Gasteiger partial charge in [0.15, 0.2) is 0 Å². The first kappa shape index (κ1) is 19.0. The van der Waals surface area contributed by atoms with E-state index < -0.39 is 0 Å². The molecule has 4 rings (SSSR count). The molecule has 0 spiro atoms. The van der Waals surface area contributed by atoms with Crippen molar-refractivity contribution in [2.75, 3.05) is 5.32 Å². The Balaban J connectivity index is 1.59. The SMILES string of the molecule is Cc1nc(S[C@@H](C)C(=O)Nc2cc(Cl)cc(Cl)c2)c2c3c(sc2n1)CCC3. The summed E-state index contributed by atoms with van der Waals surface area (Å²) < 4.78 is 0. The number of aryl methyl sites for hydroxylation is 3. The van der Waals surface area contributed by atoms with Crippen molar-refractivity contribution < 1.29 is 4.79 Å². The average molecular weight is 438 g/mol. The summed E-state index contributed by atoms with van der Waals surface area (Å²) >= 11 is 15.3.